The Labute approximate surface area is 156 Å². The van der Waals surface area contributed by atoms with E-state index >= 15 is 0 Å². The van der Waals surface area contributed by atoms with Crippen LogP contribution in [0.5, 0.6) is 0 Å². The summed E-state index contributed by atoms with van der Waals surface area (Å²) >= 11 is 0. The molecule has 4 heteroatoms. The van der Waals surface area contributed by atoms with E-state index in [-0.39, 0.29) is 0 Å². The van der Waals surface area contributed by atoms with Gasteiger partial charge in [-0.1, -0.05) is 36.8 Å². The summed E-state index contributed by atoms with van der Waals surface area (Å²) in [6.07, 6.45) is 4.00. The molecule has 2 heterocycles. The van der Waals surface area contributed by atoms with Crippen molar-refractivity contribution in [3.63, 3.8) is 0 Å². The number of nitrogens with zero attached hydrogens (tertiary/aromatic N) is 1. The summed E-state index contributed by atoms with van der Waals surface area (Å²) in [5.74, 6) is 3.52. The van der Waals surface area contributed by atoms with E-state index in [1.54, 1.807) is 7.11 Å². The fourth-order valence-electron chi connectivity index (χ4n) is 4.76. The number of likely N-dealkylation sites (tertiary alicyclic amines) is 1. The van der Waals surface area contributed by atoms with Crippen LogP contribution in [0.15, 0.2) is 46.9 Å². The van der Waals surface area contributed by atoms with Crippen molar-refractivity contribution in [2.75, 3.05) is 20.2 Å². The van der Waals surface area contributed by atoms with E-state index < -0.39 is 0 Å². The molecule has 2 aromatic rings. The molecular formula is C22H30N2O2. The maximum Gasteiger partial charge on any atom is 0.129 e. The van der Waals surface area contributed by atoms with Gasteiger partial charge in [0.05, 0.1) is 6.54 Å². The third-order valence-corrected chi connectivity index (χ3v) is 5.97. The van der Waals surface area contributed by atoms with Crippen molar-refractivity contribution >= 4 is 0 Å². The average Bonchev–Trinajstić information content (AvgIpc) is 3.27. The molecule has 0 amide bonds. The lowest BCUT2D eigenvalue weighted by Crippen LogP contribution is -2.42. The number of nitrogens with one attached hydrogen (secondary N) is 1. The van der Waals surface area contributed by atoms with Gasteiger partial charge in [-0.15, -0.1) is 0 Å². The van der Waals surface area contributed by atoms with Crippen LogP contribution in [0.3, 0.4) is 0 Å². The van der Waals surface area contributed by atoms with Gasteiger partial charge in [-0.2, -0.15) is 0 Å². The first kappa shape index (κ1) is 17.8. The summed E-state index contributed by atoms with van der Waals surface area (Å²) in [4.78, 5) is 2.65. The predicted octanol–water partition coefficient (Wildman–Crippen LogP) is 3.82. The van der Waals surface area contributed by atoms with Crippen molar-refractivity contribution < 1.29 is 9.15 Å². The number of fused-ring (bicyclic) bond motifs is 1. The van der Waals surface area contributed by atoms with E-state index in [1.165, 1.54) is 37.9 Å². The van der Waals surface area contributed by atoms with Gasteiger partial charge in [0.25, 0.3) is 0 Å². The zero-order valence-electron chi connectivity index (χ0n) is 15.7. The van der Waals surface area contributed by atoms with E-state index in [9.17, 15) is 0 Å². The second-order valence-corrected chi connectivity index (χ2v) is 7.82. The molecule has 0 radical (unpaired) electrons. The monoisotopic (exact) mass is 354 g/mol. The highest BCUT2D eigenvalue weighted by atomic mass is 16.5. The second kappa shape index (κ2) is 8.38. The van der Waals surface area contributed by atoms with Gasteiger partial charge in [-0.3, -0.25) is 4.90 Å². The number of ether oxygens (including phenoxy) is 1. The molecule has 1 aromatic heterocycles. The Morgan fingerprint density at radius 3 is 2.77 bits per heavy atom. The molecule has 2 aliphatic rings. The van der Waals surface area contributed by atoms with Gasteiger partial charge in [-0.05, 0) is 42.4 Å². The van der Waals surface area contributed by atoms with Crippen LogP contribution in [0.2, 0.25) is 0 Å². The Morgan fingerprint density at radius 2 is 1.92 bits per heavy atom. The number of methoxy groups -OCH3 is 1. The minimum Gasteiger partial charge on any atom is -0.462 e. The SMILES string of the molecule is COCc1ccc(CNC2CCCC3CN(Cc4ccccc4)CC32)o1. The molecule has 1 aliphatic heterocycles. The molecule has 1 saturated heterocycles. The van der Waals surface area contributed by atoms with Gasteiger partial charge < -0.3 is 14.5 Å². The first-order valence-electron chi connectivity index (χ1n) is 9.88. The average molecular weight is 354 g/mol. The Balaban J connectivity index is 1.32. The topological polar surface area (TPSA) is 37.6 Å². The summed E-state index contributed by atoms with van der Waals surface area (Å²) < 4.78 is 11.0. The van der Waals surface area contributed by atoms with Gasteiger partial charge in [0.2, 0.25) is 0 Å². The highest BCUT2D eigenvalue weighted by Crippen LogP contribution is 2.37. The van der Waals surface area contributed by atoms with Crippen LogP contribution in [0.25, 0.3) is 0 Å². The Kier molecular flexibility index (Phi) is 5.73. The molecule has 0 bridgehead atoms. The van der Waals surface area contributed by atoms with Crippen LogP contribution in [0.4, 0.5) is 0 Å². The van der Waals surface area contributed by atoms with Crippen LogP contribution in [0, 0.1) is 11.8 Å². The molecule has 3 atom stereocenters. The zero-order valence-corrected chi connectivity index (χ0v) is 15.7. The largest absolute Gasteiger partial charge is 0.462 e. The van der Waals surface area contributed by atoms with E-state index in [4.69, 9.17) is 9.15 Å². The fourth-order valence-corrected chi connectivity index (χ4v) is 4.76. The van der Waals surface area contributed by atoms with Gasteiger partial charge >= 0.3 is 0 Å². The third-order valence-electron chi connectivity index (χ3n) is 5.97. The van der Waals surface area contributed by atoms with Crippen LogP contribution in [-0.2, 0) is 24.4 Å². The van der Waals surface area contributed by atoms with E-state index in [1.807, 2.05) is 6.07 Å². The second-order valence-electron chi connectivity index (χ2n) is 7.82. The summed E-state index contributed by atoms with van der Waals surface area (Å²) in [5.41, 5.74) is 1.43. The summed E-state index contributed by atoms with van der Waals surface area (Å²) in [7, 11) is 1.70. The fraction of sp³-hybridized carbons (Fsp3) is 0.545. The molecule has 1 aliphatic carbocycles. The summed E-state index contributed by atoms with van der Waals surface area (Å²) in [6, 6.07) is 15.6. The first-order chi connectivity index (χ1) is 12.8. The number of benzene rings is 1. The lowest BCUT2D eigenvalue weighted by Gasteiger charge is -2.33. The number of rotatable bonds is 7. The van der Waals surface area contributed by atoms with E-state index in [0.29, 0.717) is 12.6 Å². The Hall–Kier alpha value is -1.62. The number of furan rings is 1. The molecule has 1 aromatic carbocycles. The van der Waals surface area contributed by atoms with Gasteiger partial charge in [0.15, 0.2) is 0 Å². The minimum atomic E-state index is 0.544. The van der Waals surface area contributed by atoms with Gasteiger partial charge in [-0.25, -0.2) is 0 Å². The number of hydrogen-bond acceptors (Lipinski definition) is 4. The Morgan fingerprint density at radius 1 is 1.08 bits per heavy atom. The molecule has 1 N–H and O–H groups in total. The van der Waals surface area contributed by atoms with Crippen LogP contribution < -0.4 is 5.32 Å². The van der Waals surface area contributed by atoms with Crippen LogP contribution in [-0.4, -0.2) is 31.1 Å². The molecule has 4 nitrogen and oxygen atoms in total. The molecule has 140 valence electrons. The smallest absolute Gasteiger partial charge is 0.129 e. The maximum atomic E-state index is 5.83. The summed E-state index contributed by atoms with van der Waals surface area (Å²) in [6.45, 7) is 4.90. The van der Waals surface area contributed by atoms with Gasteiger partial charge in [0.1, 0.15) is 18.1 Å². The van der Waals surface area contributed by atoms with Crippen molar-refractivity contribution in [2.45, 2.75) is 45.0 Å². The molecule has 0 spiro atoms. The quantitative estimate of drug-likeness (QED) is 0.820. The lowest BCUT2D eigenvalue weighted by atomic mass is 9.78. The van der Waals surface area contributed by atoms with Crippen molar-refractivity contribution in [3.05, 3.63) is 59.5 Å². The van der Waals surface area contributed by atoms with E-state index in [2.05, 4.69) is 46.6 Å². The van der Waals surface area contributed by atoms with Crippen molar-refractivity contribution in [2.24, 2.45) is 11.8 Å². The third kappa shape index (κ3) is 4.20. The predicted molar refractivity (Wildman–Crippen MR) is 103 cm³/mol. The molecule has 3 unspecified atom stereocenters. The van der Waals surface area contributed by atoms with Crippen molar-refractivity contribution in [3.8, 4) is 0 Å². The highest BCUT2D eigenvalue weighted by molar-refractivity contribution is 5.15. The lowest BCUT2D eigenvalue weighted by molar-refractivity contribution is 0.161. The zero-order chi connectivity index (χ0) is 17.8. The van der Waals surface area contributed by atoms with Crippen molar-refractivity contribution in [1.82, 2.24) is 10.2 Å². The minimum absolute atomic E-state index is 0.544. The van der Waals surface area contributed by atoms with Crippen molar-refractivity contribution in [1.29, 1.82) is 0 Å². The molecule has 1 saturated carbocycles. The summed E-state index contributed by atoms with van der Waals surface area (Å²) in [5, 5.41) is 3.79. The molecule has 4 rings (SSSR count). The van der Waals surface area contributed by atoms with Crippen LogP contribution >= 0.6 is 0 Å². The molecular weight excluding hydrogens is 324 g/mol. The maximum absolute atomic E-state index is 5.83. The highest BCUT2D eigenvalue weighted by Gasteiger charge is 2.39. The normalized spacial score (nSPS) is 26.1. The van der Waals surface area contributed by atoms with Gasteiger partial charge in [0, 0.05) is 32.8 Å². The van der Waals surface area contributed by atoms with E-state index in [0.717, 1.165) is 36.4 Å². The molecule has 2 fully saturated rings. The Bertz CT molecular complexity index is 684. The standard InChI is InChI=1S/C22H30N2O2/c1-25-16-20-11-10-19(26-20)12-23-22-9-5-8-18-14-24(15-21(18)22)13-17-6-3-2-4-7-17/h2-4,6-7,10-11,18,21-23H,5,8-9,12-16H2,1H3. The number of hydrogen-bond donors (Lipinski definition) is 1. The first-order valence-corrected chi connectivity index (χ1v) is 9.88. The molecule has 26 heavy (non-hydrogen) atoms. The van der Waals surface area contributed by atoms with Crippen LogP contribution in [0.1, 0.15) is 36.3 Å².